The Bertz CT molecular complexity index is 298. The Balaban J connectivity index is 2.20. The van der Waals surface area contributed by atoms with E-state index in [1.807, 2.05) is 0 Å². The van der Waals surface area contributed by atoms with E-state index in [1.165, 1.54) is 5.57 Å². The molecular weight excluding hydrogens is 178 g/mol. The first-order valence-electron chi connectivity index (χ1n) is 5.27. The van der Waals surface area contributed by atoms with Crippen molar-refractivity contribution in [1.82, 2.24) is 0 Å². The average molecular weight is 195 g/mol. The van der Waals surface area contributed by atoms with Gasteiger partial charge in [-0.2, -0.15) is 0 Å². The van der Waals surface area contributed by atoms with Crippen molar-refractivity contribution in [3.05, 3.63) is 11.6 Å². The summed E-state index contributed by atoms with van der Waals surface area (Å²) in [5, 5.41) is 9.18. The van der Waals surface area contributed by atoms with E-state index in [1.54, 1.807) is 0 Å². The highest BCUT2D eigenvalue weighted by atomic mass is 16.4. The van der Waals surface area contributed by atoms with Gasteiger partial charge in [-0.1, -0.05) is 18.6 Å². The molecule has 3 heteroatoms. The molecule has 14 heavy (non-hydrogen) atoms. The van der Waals surface area contributed by atoms with Gasteiger partial charge in [0.2, 0.25) is 0 Å². The van der Waals surface area contributed by atoms with Gasteiger partial charge in [-0.05, 0) is 31.1 Å². The number of nitrogens with two attached hydrogens (primary N) is 1. The molecule has 0 saturated heterocycles. The summed E-state index contributed by atoms with van der Waals surface area (Å²) in [5.41, 5.74) is 6.38. The molecule has 0 heterocycles. The van der Waals surface area contributed by atoms with Crippen molar-refractivity contribution >= 4 is 5.97 Å². The number of fused-ring (bicyclic) bond motifs is 1. The molecule has 2 rings (SSSR count). The third-order valence-electron chi connectivity index (χ3n) is 3.96. The fourth-order valence-electron chi connectivity index (χ4n) is 2.97. The molecule has 3 N–H and O–H groups in total. The van der Waals surface area contributed by atoms with Gasteiger partial charge in [-0.3, -0.25) is 4.79 Å². The zero-order valence-electron chi connectivity index (χ0n) is 8.49. The number of aliphatic carboxylic acids is 1. The highest BCUT2D eigenvalue weighted by Gasteiger charge is 2.58. The molecule has 78 valence electrons. The molecular formula is C11H17NO2. The zero-order valence-corrected chi connectivity index (χ0v) is 8.49. The minimum Gasteiger partial charge on any atom is -0.481 e. The van der Waals surface area contributed by atoms with E-state index in [0.29, 0.717) is 5.92 Å². The SMILES string of the molecule is CCC1=C[C@@H]2[C@H](C1)C[C@]2(CN)C(=O)O. The van der Waals surface area contributed by atoms with Crippen LogP contribution >= 0.6 is 0 Å². The molecule has 1 saturated carbocycles. The Kier molecular flexibility index (Phi) is 2.14. The lowest BCUT2D eigenvalue weighted by molar-refractivity contribution is -0.162. The summed E-state index contributed by atoms with van der Waals surface area (Å²) in [6.45, 7) is 2.40. The lowest BCUT2D eigenvalue weighted by Gasteiger charge is -2.48. The topological polar surface area (TPSA) is 63.3 Å². The van der Waals surface area contributed by atoms with Crippen LogP contribution in [0.25, 0.3) is 0 Å². The van der Waals surface area contributed by atoms with Crippen molar-refractivity contribution in [3.63, 3.8) is 0 Å². The van der Waals surface area contributed by atoms with Crippen LogP contribution in [0.15, 0.2) is 11.6 Å². The van der Waals surface area contributed by atoms with Gasteiger partial charge >= 0.3 is 5.97 Å². The second-order valence-corrected chi connectivity index (χ2v) is 4.54. The van der Waals surface area contributed by atoms with Gasteiger partial charge in [0.25, 0.3) is 0 Å². The van der Waals surface area contributed by atoms with Crippen LogP contribution in [-0.2, 0) is 4.79 Å². The predicted molar refractivity (Wildman–Crippen MR) is 53.7 cm³/mol. The molecule has 0 unspecified atom stereocenters. The van der Waals surface area contributed by atoms with Crippen molar-refractivity contribution in [3.8, 4) is 0 Å². The molecule has 0 amide bonds. The van der Waals surface area contributed by atoms with Gasteiger partial charge in [-0.25, -0.2) is 0 Å². The van der Waals surface area contributed by atoms with Gasteiger partial charge in [0.05, 0.1) is 5.41 Å². The molecule has 3 nitrogen and oxygen atoms in total. The van der Waals surface area contributed by atoms with E-state index >= 15 is 0 Å². The molecule has 1 fully saturated rings. The van der Waals surface area contributed by atoms with Crippen molar-refractivity contribution in [2.45, 2.75) is 26.2 Å². The predicted octanol–water partition coefficient (Wildman–Crippen LogP) is 1.39. The molecule has 0 aromatic heterocycles. The average Bonchev–Trinajstić information content (AvgIpc) is 2.46. The summed E-state index contributed by atoms with van der Waals surface area (Å²) >= 11 is 0. The number of carbonyl (C=O) groups is 1. The second kappa shape index (κ2) is 3.09. The molecule has 0 radical (unpaired) electrons. The number of carboxylic acid groups (broad SMARTS) is 1. The highest BCUT2D eigenvalue weighted by molar-refractivity contribution is 5.77. The Morgan fingerprint density at radius 2 is 2.50 bits per heavy atom. The minimum atomic E-state index is -0.713. The normalized spacial score (nSPS) is 40.0. The Morgan fingerprint density at radius 1 is 1.79 bits per heavy atom. The number of hydrogen-bond donors (Lipinski definition) is 2. The van der Waals surface area contributed by atoms with E-state index in [4.69, 9.17) is 5.73 Å². The maximum Gasteiger partial charge on any atom is 0.311 e. The lowest BCUT2D eigenvalue weighted by atomic mass is 9.55. The van der Waals surface area contributed by atoms with Crippen LogP contribution in [0.5, 0.6) is 0 Å². The number of hydrogen-bond acceptors (Lipinski definition) is 2. The molecule has 0 spiro atoms. The molecule has 3 atom stereocenters. The quantitative estimate of drug-likeness (QED) is 0.669. The maximum atomic E-state index is 11.2. The molecule has 2 aliphatic rings. The van der Waals surface area contributed by atoms with Gasteiger partial charge in [0.15, 0.2) is 0 Å². The van der Waals surface area contributed by atoms with E-state index in [-0.39, 0.29) is 12.5 Å². The first-order chi connectivity index (χ1) is 6.64. The Labute approximate surface area is 84.0 Å². The van der Waals surface area contributed by atoms with Crippen LogP contribution in [0.3, 0.4) is 0 Å². The summed E-state index contributed by atoms with van der Waals surface area (Å²) in [4.78, 5) is 11.2. The van der Waals surface area contributed by atoms with Crippen molar-refractivity contribution in [2.24, 2.45) is 23.0 Å². The summed E-state index contributed by atoms with van der Waals surface area (Å²) in [5.74, 6) is 0.0550. The Morgan fingerprint density at radius 3 is 3.00 bits per heavy atom. The standard InChI is InChI=1S/C11H17NO2/c1-2-7-3-8-5-11(6-12,10(13)14)9(8)4-7/h4,8-9H,2-3,5-6,12H2,1H3,(H,13,14)/t8-,9-,11-/m1/s1. The smallest absolute Gasteiger partial charge is 0.311 e. The van der Waals surface area contributed by atoms with Gasteiger partial charge in [0, 0.05) is 6.54 Å². The van der Waals surface area contributed by atoms with Gasteiger partial charge in [0.1, 0.15) is 0 Å². The lowest BCUT2D eigenvalue weighted by Crippen LogP contribution is -2.55. The molecule has 0 aromatic rings. The van der Waals surface area contributed by atoms with Crippen LogP contribution in [0, 0.1) is 17.3 Å². The number of carboxylic acids is 1. The van der Waals surface area contributed by atoms with Crippen LogP contribution in [0.4, 0.5) is 0 Å². The largest absolute Gasteiger partial charge is 0.481 e. The first-order valence-corrected chi connectivity index (χ1v) is 5.27. The van der Waals surface area contributed by atoms with E-state index in [9.17, 15) is 9.90 Å². The summed E-state index contributed by atoms with van der Waals surface area (Å²) in [7, 11) is 0. The third kappa shape index (κ3) is 1.05. The highest BCUT2D eigenvalue weighted by Crippen LogP contribution is 2.57. The first kappa shape index (κ1) is 9.71. The van der Waals surface area contributed by atoms with Crippen molar-refractivity contribution in [1.29, 1.82) is 0 Å². The fraction of sp³-hybridized carbons (Fsp3) is 0.727. The van der Waals surface area contributed by atoms with E-state index in [0.717, 1.165) is 19.3 Å². The molecule has 0 aromatic carbocycles. The van der Waals surface area contributed by atoms with Crippen molar-refractivity contribution in [2.75, 3.05) is 6.54 Å². The molecule has 2 aliphatic carbocycles. The van der Waals surface area contributed by atoms with E-state index < -0.39 is 11.4 Å². The van der Waals surface area contributed by atoms with Crippen LogP contribution < -0.4 is 5.73 Å². The van der Waals surface area contributed by atoms with Crippen molar-refractivity contribution < 1.29 is 9.90 Å². The minimum absolute atomic E-state index is 0.208. The van der Waals surface area contributed by atoms with Crippen LogP contribution in [0.1, 0.15) is 26.2 Å². The second-order valence-electron chi connectivity index (χ2n) is 4.54. The van der Waals surface area contributed by atoms with Crippen LogP contribution in [0.2, 0.25) is 0 Å². The third-order valence-corrected chi connectivity index (χ3v) is 3.96. The summed E-state index contributed by atoms with van der Waals surface area (Å²) < 4.78 is 0. The van der Waals surface area contributed by atoms with E-state index in [2.05, 4.69) is 13.0 Å². The molecule has 0 aliphatic heterocycles. The number of allylic oxidation sites excluding steroid dienone is 2. The Hall–Kier alpha value is -0.830. The fourth-order valence-corrected chi connectivity index (χ4v) is 2.97. The molecule has 0 bridgehead atoms. The zero-order chi connectivity index (χ0) is 10.3. The maximum absolute atomic E-state index is 11.2. The van der Waals surface area contributed by atoms with Gasteiger partial charge < -0.3 is 10.8 Å². The van der Waals surface area contributed by atoms with Gasteiger partial charge in [-0.15, -0.1) is 0 Å². The number of rotatable bonds is 3. The summed E-state index contributed by atoms with van der Waals surface area (Å²) in [6, 6.07) is 0. The monoisotopic (exact) mass is 195 g/mol. The summed E-state index contributed by atoms with van der Waals surface area (Å²) in [6.07, 6.45) is 5.07. The van der Waals surface area contributed by atoms with Crippen LogP contribution in [-0.4, -0.2) is 17.6 Å².